The van der Waals surface area contributed by atoms with E-state index in [1.165, 1.54) is 0 Å². The van der Waals surface area contributed by atoms with Gasteiger partial charge in [0.1, 0.15) is 0 Å². The highest BCUT2D eigenvalue weighted by Gasteiger charge is 2.11. The standard InChI is InChI=1S/C14H19Cl2NO4/c1-20-4-5-21-3-2-14(19)17-9-13(18)10-6-11(15)8-12(16)7-10/h6-8,13,18H,2-5,9H2,1H3,(H,17,19). The van der Waals surface area contributed by atoms with Crippen molar-refractivity contribution < 1.29 is 19.4 Å². The first-order valence-electron chi connectivity index (χ1n) is 6.50. The van der Waals surface area contributed by atoms with Crippen LogP contribution in [0.15, 0.2) is 18.2 Å². The Morgan fingerprint density at radius 3 is 2.52 bits per heavy atom. The van der Waals surface area contributed by atoms with E-state index in [0.29, 0.717) is 35.4 Å². The second kappa shape index (κ2) is 9.97. The molecule has 0 spiro atoms. The molecule has 0 bridgehead atoms. The third-order valence-corrected chi connectivity index (χ3v) is 3.10. The molecule has 7 heteroatoms. The van der Waals surface area contributed by atoms with E-state index in [0.717, 1.165) is 0 Å². The number of carbonyl (C=O) groups is 1. The number of carbonyl (C=O) groups excluding carboxylic acids is 1. The van der Waals surface area contributed by atoms with Crippen molar-refractivity contribution in [2.45, 2.75) is 12.5 Å². The molecule has 118 valence electrons. The van der Waals surface area contributed by atoms with Gasteiger partial charge in [-0.15, -0.1) is 0 Å². The fourth-order valence-corrected chi connectivity index (χ4v) is 2.14. The van der Waals surface area contributed by atoms with Gasteiger partial charge in [-0.2, -0.15) is 0 Å². The average molecular weight is 336 g/mol. The number of methoxy groups -OCH3 is 1. The predicted molar refractivity (Wildman–Crippen MR) is 81.7 cm³/mol. The number of ether oxygens (including phenoxy) is 2. The number of halogens is 2. The van der Waals surface area contributed by atoms with Crippen molar-refractivity contribution >= 4 is 29.1 Å². The van der Waals surface area contributed by atoms with Crippen LogP contribution in [0.2, 0.25) is 10.0 Å². The molecule has 1 amide bonds. The average Bonchev–Trinajstić information content (AvgIpc) is 2.43. The molecule has 0 heterocycles. The maximum absolute atomic E-state index is 11.6. The van der Waals surface area contributed by atoms with E-state index in [1.807, 2.05) is 0 Å². The smallest absolute Gasteiger partial charge is 0.222 e. The van der Waals surface area contributed by atoms with Crippen molar-refractivity contribution in [1.82, 2.24) is 5.32 Å². The van der Waals surface area contributed by atoms with Crippen LogP contribution < -0.4 is 5.32 Å². The maximum Gasteiger partial charge on any atom is 0.222 e. The molecule has 0 fully saturated rings. The van der Waals surface area contributed by atoms with Crippen molar-refractivity contribution in [2.75, 3.05) is 33.5 Å². The van der Waals surface area contributed by atoms with Crippen LogP contribution in [0.25, 0.3) is 0 Å². The summed E-state index contributed by atoms with van der Waals surface area (Å²) in [4.78, 5) is 11.6. The lowest BCUT2D eigenvalue weighted by Crippen LogP contribution is -2.29. The third-order valence-electron chi connectivity index (χ3n) is 2.67. The SMILES string of the molecule is COCCOCCC(=O)NCC(O)c1cc(Cl)cc(Cl)c1. The van der Waals surface area contributed by atoms with Gasteiger partial charge in [-0.05, 0) is 23.8 Å². The van der Waals surface area contributed by atoms with Crippen molar-refractivity contribution in [1.29, 1.82) is 0 Å². The summed E-state index contributed by atoms with van der Waals surface area (Å²) < 4.78 is 10.0. The Balaban J connectivity index is 2.28. The summed E-state index contributed by atoms with van der Waals surface area (Å²) in [6.07, 6.45) is -0.633. The summed E-state index contributed by atoms with van der Waals surface area (Å²) in [6.45, 7) is 1.35. The monoisotopic (exact) mass is 335 g/mol. The third kappa shape index (κ3) is 7.64. The zero-order valence-electron chi connectivity index (χ0n) is 11.8. The van der Waals surface area contributed by atoms with Crippen molar-refractivity contribution in [3.05, 3.63) is 33.8 Å². The molecule has 1 aromatic carbocycles. The summed E-state index contributed by atoms with van der Waals surface area (Å²) >= 11 is 11.7. The summed E-state index contributed by atoms with van der Waals surface area (Å²) in [5.41, 5.74) is 0.559. The number of nitrogens with one attached hydrogen (secondary N) is 1. The van der Waals surface area contributed by atoms with Crippen LogP contribution in [0.1, 0.15) is 18.1 Å². The Hall–Kier alpha value is -0.850. The highest BCUT2D eigenvalue weighted by molar-refractivity contribution is 6.34. The fourth-order valence-electron chi connectivity index (χ4n) is 1.59. The van der Waals surface area contributed by atoms with Crippen molar-refractivity contribution in [3.63, 3.8) is 0 Å². The van der Waals surface area contributed by atoms with E-state index in [2.05, 4.69) is 5.32 Å². The summed E-state index contributed by atoms with van der Waals surface area (Å²) in [5.74, 6) is -0.195. The van der Waals surface area contributed by atoms with Gasteiger partial charge in [-0.3, -0.25) is 4.79 Å². The van der Waals surface area contributed by atoms with Gasteiger partial charge in [-0.25, -0.2) is 0 Å². The van der Waals surface area contributed by atoms with E-state index >= 15 is 0 Å². The molecule has 21 heavy (non-hydrogen) atoms. The highest BCUT2D eigenvalue weighted by Crippen LogP contribution is 2.23. The van der Waals surface area contributed by atoms with Crippen LogP contribution in [-0.2, 0) is 14.3 Å². The molecule has 1 rings (SSSR count). The largest absolute Gasteiger partial charge is 0.387 e. The van der Waals surface area contributed by atoms with Crippen molar-refractivity contribution in [2.24, 2.45) is 0 Å². The van der Waals surface area contributed by atoms with Gasteiger partial charge < -0.3 is 19.9 Å². The Bertz CT molecular complexity index is 436. The van der Waals surface area contributed by atoms with Crippen molar-refractivity contribution in [3.8, 4) is 0 Å². The van der Waals surface area contributed by atoms with E-state index in [9.17, 15) is 9.90 Å². The highest BCUT2D eigenvalue weighted by atomic mass is 35.5. The first kappa shape index (κ1) is 18.2. The van der Waals surface area contributed by atoms with Gasteiger partial charge in [0.25, 0.3) is 0 Å². The van der Waals surface area contributed by atoms with Crippen LogP contribution in [0.5, 0.6) is 0 Å². The zero-order valence-corrected chi connectivity index (χ0v) is 13.3. The maximum atomic E-state index is 11.6. The summed E-state index contributed by atoms with van der Waals surface area (Å²) in [7, 11) is 1.58. The van der Waals surface area contributed by atoms with E-state index < -0.39 is 6.10 Å². The predicted octanol–water partition coefficient (Wildman–Crippen LogP) is 2.20. The van der Waals surface area contributed by atoms with Gasteiger partial charge in [-0.1, -0.05) is 23.2 Å². The molecule has 0 aliphatic heterocycles. The molecule has 0 saturated heterocycles. The molecule has 5 nitrogen and oxygen atoms in total. The molecule has 1 unspecified atom stereocenters. The second-order valence-electron chi connectivity index (χ2n) is 4.38. The molecule has 0 radical (unpaired) electrons. The summed E-state index contributed by atoms with van der Waals surface area (Å²) in [5, 5.41) is 13.5. The van der Waals surface area contributed by atoms with Gasteiger partial charge in [0.2, 0.25) is 5.91 Å². The van der Waals surface area contributed by atoms with Crippen LogP contribution in [0.3, 0.4) is 0 Å². The Morgan fingerprint density at radius 2 is 1.90 bits per heavy atom. The molecule has 0 saturated carbocycles. The van der Waals surface area contributed by atoms with E-state index in [-0.39, 0.29) is 18.9 Å². The number of hydrogen-bond donors (Lipinski definition) is 2. The molecular weight excluding hydrogens is 317 g/mol. The first-order chi connectivity index (χ1) is 10.0. The normalized spacial score (nSPS) is 12.2. The minimum atomic E-state index is -0.862. The number of rotatable bonds is 9. The summed E-state index contributed by atoms with van der Waals surface area (Å²) in [6, 6.07) is 4.80. The topological polar surface area (TPSA) is 67.8 Å². The minimum absolute atomic E-state index is 0.0908. The van der Waals surface area contributed by atoms with Gasteiger partial charge in [0.05, 0.1) is 25.9 Å². The molecule has 1 aromatic rings. The van der Waals surface area contributed by atoms with Crippen LogP contribution in [-0.4, -0.2) is 44.5 Å². The molecule has 1 atom stereocenters. The van der Waals surface area contributed by atoms with E-state index in [1.54, 1.807) is 25.3 Å². The second-order valence-corrected chi connectivity index (χ2v) is 5.25. The number of aliphatic hydroxyl groups excluding tert-OH is 1. The fraction of sp³-hybridized carbons (Fsp3) is 0.500. The van der Waals surface area contributed by atoms with Crippen LogP contribution in [0.4, 0.5) is 0 Å². The molecule has 0 aromatic heterocycles. The number of amides is 1. The Labute approximate surface area is 134 Å². The lowest BCUT2D eigenvalue weighted by atomic mass is 10.1. The quantitative estimate of drug-likeness (QED) is 0.679. The number of hydrogen-bond acceptors (Lipinski definition) is 4. The number of aliphatic hydroxyl groups is 1. The Kier molecular flexibility index (Phi) is 8.64. The van der Waals surface area contributed by atoms with Crippen LogP contribution >= 0.6 is 23.2 Å². The molecular formula is C14H19Cl2NO4. The Morgan fingerprint density at radius 1 is 1.24 bits per heavy atom. The lowest BCUT2D eigenvalue weighted by molar-refractivity contribution is -0.122. The molecule has 2 N–H and O–H groups in total. The molecule has 0 aliphatic carbocycles. The molecule has 0 aliphatic rings. The van der Waals surface area contributed by atoms with Gasteiger partial charge >= 0.3 is 0 Å². The van der Waals surface area contributed by atoms with E-state index in [4.69, 9.17) is 32.7 Å². The zero-order chi connectivity index (χ0) is 15.7. The van der Waals surface area contributed by atoms with Gasteiger partial charge in [0, 0.05) is 30.1 Å². The van der Waals surface area contributed by atoms with Gasteiger partial charge in [0.15, 0.2) is 0 Å². The minimum Gasteiger partial charge on any atom is -0.387 e. The number of benzene rings is 1. The van der Waals surface area contributed by atoms with Crippen LogP contribution in [0, 0.1) is 0 Å². The first-order valence-corrected chi connectivity index (χ1v) is 7.26. The lowest BCUT2D eigenvalue weighted by Gasteiger charge is -2.13.